The monoisotopic (exact) mass is 454 g/mol. The summed E-state index contributed by atoms with van der Waals surface area (Å²) in [4.78, 5) is 26.9. The molecule has 0 fully saturated rings. The number of pyridine rings is 1. The Labute approximate surface area is 198 Å². The molecule has 4 aromatic rings. The molecule has 0 aliphatic carbocycles. The van der Waals surface area contributed by atoms with E-state index in [0.717, 1.165) is 27.9 Å². The highest BCUT2D eigenvalue weighted by atomic mass is 16.5. The van der Waals surface area contributed by atoms with Crippen LogP contribution in [0, 0.1) is 13.8 Å². The summed E-state index contributed by atoms with van der Waals surface area (Å²) in [5, 5.41) is 2.94. The number of carbonyl (C=O) groups excluding carboxylic acids is 1. The molecule has 0 unspecified atom stereocenters. The molecule has 2 aromatic carbocycles. The number of anilines is 2. The number of nitrogens with one attached hydrogen (secondary N) is 1. The fourth-order valence-electron chi connectivity index (χ4n) is 3.63. The highest BCUT2D eigenvalue weighted by molar-refractivity contribution is 5.92. The first-order valence-corrected chi connectivity index (χ1v) is 10.8. The average molecular weight is 455 g/mol. The Morgan fingerprint density at radius 2 is 1.76 bits per heavy atom. The number of nitrogens with two attached hydrogens (primary N) is 1. The molecule has 0 radical (unpaired) electrons. The zero-order valence-electron chi connectivity index (χ0n) is 19.3. The number of carbonyl (C=O) groups is 1. The van der Waals surface area contributed by atoms with Crippen molar-refractivity contribution in [1.82, 2.24) is 15.0 Å². The van der Waals surface area contributed by atoms with Crippen LogP contribution >= 0.6 is 0 Å². The molecule has 0 atom stereocenters. The standard InChI is InChI=1S/C26H26N6O2/c1-17-18(2)23(12-11-22(17)32(25(27)33)16-19-8-5-4-6-9-19)34-24-20(10-7-14-29-24)21-13-15-30-26(28-3)31-21/h4-15H,16H2,1-3H3,(H2,27,33)(H,28,30,31). The van der Waals surface area contributed by atoms with Crippen LogP contribution in [-0.2, 0) is 6.54 Å². The van der Waals surface area contributed by atoms with Gasteiger partial charge in [0.25, 0.3) is 0 Å². The number of urea groups is 1. The Balaban J connectivity index is 1.66. The lowest BCUT2D eigenvalue weighted by Crippen LogP contribution is -2.35. The Kier molecular flexibility index (Phi) is 6.68. The highest BCUT2D eigenvalue weighted by Crippen LogP contribution is 2.36. The maximum absolute atomic E-state index is 12.3. The summed E-state index contributed by atoms with van der Waals surface area (Å²) >= 11 is 0. The van der Waals surface area contributed by atoms with E-state index in [1.807, 2.05) is 68.4 Å². The lowest BCUT2D eigenvalue weighted by atomic mass is 10.1. The molecule has 2 amide bonds. The number of aromatic nitrogens is 3. The van der Waals surface area contributed by atoms with Crippen LogP contribution in [0.3, 0.4) is 0 Å². The number of nitrogens with zero attached hydrogens (tertiary/aromatic N) is 4. The van der Waals surface area contributed by atoms with Crippen molar-refractivity contribution in [2.45, 2.75) is 20.4 Å². The van der Waals surface area contributed by atoms with E-state index in [2.05, 4.69) is 20.3 Å². The van der Waals surface area contributed by atoms with Gasteiger partial charge in [-0.25, -0.2) is 19.7 Å². The average Bonchev–Trinajstić information content (AvgIpc) is 2.86. The number of primary amides is 1. The Morgan fingerprint density at radius 1 is 0.971 bits per heavy atom. The predicted molar refractivity (Wildman–Crippen MR) is 133 cm³/mol. The number of ether oxygens (including phenoxy) is 1. The number of amides is 2. The van der Waals surface area contributed by atoms with Crippen LogP contribution in [0.2, 0.25) is 0 Å². The third-order valence-electron chi connectivity index (χ3n) is 5.58. The molecule has 8 nitrogen and oxygen atoms in total. The van der Waals surface area contributed by atoms with Gasteiger partial charge < -0.3 is 15.8 Å². The second kappa shape index (κ2) is 9.99. The van der Waals surface area contributed by atoms with Crippen LogP contribution in [-0.4, -0.2) is 28.0 Å². The van der Waals surface area contributed by atoms with Gasteiger partial charge in [0.15, 0.2) is 0 Å². The van der Waals surface area contributed by atoms with Gasteiger partial charge in [-0.05, 0) is 60.9 Å². The molecule has 0 bridgehead atoms. The smallest absolute Gasteiger partial charge is 0.319 e. The molecule has 0 spiro atoms. The van der Waals surface area contributed by atoms with Crippen LogP contribution in [0.1, 0.15) is 16.7 Å². The third-order valence-corrected chi connectivity index (χ3v) is 5.58. The molecule has 0 saturated carbocycles. The number of hydrogen-bond donors (Lipinski definition) is 2. The van der Waals surface area contributed by atoms with E-state index in [9.17, 15) is 4.79 Å². The number of benzene rings is 2. The molecule has 34 heavy (non-hydrogen) atoms. The van der Waals surface area contributed by atoms with Crippen LogP contribution < -0.4 is 20.7 Å². The molecule has 172 valence electrons. The molecular weight excluding hydrogens is 428 g/mol. The lowest BCUT2D eigenvalue weighted by molar-refractivity contribution is 0.253. The van der Waals surface area contributed by atoms with E-state index < -0.39 is 6.03 Å². The van der Waals surface area contributed by atoms with Gasteiger partial charge in [0, 0.05) is 25.1 Å². The normalized spacial score (nSPS) is 10.6. The first-order chi connectivity index (χ1) is 16.5. The van der Waals surface area contributed by atoms with E-state index in [4.69, 9.17) is 10.5 Å². The van der Waals surface area contributed by atoms with E-state index in [0.29, 0.717) is 29.8 Å². The van der Waals surface area contributed by atoms with Crippen molar-refractivity contribution in [3.05, 3.63) is 89.7 Å². The lowest BCUT2D eigenvalue weighted by Gasteiger charge is -2.24. The first-order valence-electron chi connectivity index (χ1n) is 10.8. The van der Waals surface area contributed by atoms with Gasteiger partial charge in [-0.1, -0.05) is 30.3 Å². The molecule has 4 rings (SSSR count). The highest BCUT2D eigenvalue weighted by Gasteiger charge is 2.19. The van der Waals surface area contributed by atoms with Crippen LogP contribution in [0.15, 0.2) is 73.1 Å². The van der Waals surface area contributed by atoms with E-state index >= 15 is 0 Å². The van der Waals surface area contributed by atoms with Gasteiger partial charge in [-0.15, -0.1) is 0 Å². The largest absolute Gasteiger partial charge is 0.438 e. The predicted octanol–water partition coefficient (Wildman–Crippen LogP) is 5.07. The maximum Gasteiger partial charge on any atom is 0.319 e. The van der Waals surface area contributed by atoms with E-state index in [-0.39, 0.29) is 0 Å². The summed E-state index contributed by atoms with van der Waals surface area (Å²) in [5.74, 6) is 1.57. The van der Waals surface area contributed by atoms with Crippen molar-refractivity contribution in [3.63, 3.8) is 0 Å². The molecular formula is C26H26N6O2. The Bertz CT molecular complexity index is 1310. The summed E-state index contributed by atoms with van der Waals surface area (Å²) in [6.45, 7) is 4.27. The van der Waals surface area contributed by atoms with Crippen LogP contribution in [0.25, 0.3) is 11.3 Å². The topological polar surface area (TPSA) is 106 Å². The third kappa shape index (κ3) is 4.80. The van der Waals surface area contributed by atoms with Crippen molar-refractivity contribution in [1.29, 1.82) is 0 Å². The van der Waals surface area contributed by atoms with Crippen molar-refractivity contribution in [2.24, 2.45) is 5.73 Å². The fourth-order valence-corrected chi connectivity index (χ4v) is 3.63. The quantitative estimate of drug-likeness (QED) is 0.404. The molecule has 0 aliphatic heterocycles. The summed E-state index contributed by atoms with van der Waals surface area (Å²) in [6.07, 6.45) is 3.35. The minimum absolute atomic E-state index is 0.378. The van der Waals surface area contributed by atoms with Gasteiger partial charge in [-0.2, -0.15) is 0 Å². The SMILES string of the molecule is CNc1nccc(-c2cccnc2Oc2ccc(N(Cc3ccccc3)C(N)=O)c(C)c2C)n1. The first kappa shape index (κ1) is 22.7. The Hall–Kier alpha value is -4.46. The van der Waals surface area contributed by atoms with Gasteiger partial charge in [0.1, 0.15) is 5.75 Å². The van der Waals surface area contributed by atoms with Gasteiger partial charge in [-0.3, -0.25) is 4.90 Å². The minimum atomic E-state index is -0.517. The number of hydrogen-bond acceptors (Lipinski definition) is 6. The molecule has 3 N–H and O–H groups in total. The summed E-state index contributed by atoms with van der Waals surface area (Å²) in [5.41, 5.74) is 10.7. The summed E-state index contributed by atoms with van der Waals surface area (Å²) in [7, 11) is 1.76. The van der Waals surface area contributed by atoms with Crippen molar-refractivity contribution in [3.8, 4) is 22.9 Å². The molecule has 2 aromatic heterocycles. The summed E-state index contributed by atoms with van der Waals surface area (Å²) < 4.78 is 6.24. The number of rotatable bonds is 7. The second-order valence-corrected chi connectivity index (χ2v) is 7.72. The van der Waals surface area contributed by atoms with Crippen LogP contribution in [0.5, 0.6) is 11.6 Å². The van der Waals surface area contributed by atoms with E-state index in [1.54, 1.807) is 30.4 Å². The zero-order chi connectivity index (χ0) is 24.1. The van der Waals surface area contributed by atoms with Crippen molar-refractivity contribution < 1.29 is 9.53 Å². The molecule has 8 heteroatoms. The molecule has 2 heterocycles. The van der Waals surface area contributed by atoms with Gasteiger partial charge >= 0.3 is 6.03 Å². The van der Waals surface area contributed by atoms with Crippen molar-refractivity contribution in [2.75, 3.05) is 17.3 Å². The van der Waals surface area contributed by atoms with Crippen molar-refractivity contribution >= 4 is 17.7 Å². The van der Waals surface area contributed by atoms with Crippen LogP contribution in [0.4, 0.5) is 16.4 Å². The second-order valence-electron chi connectivity index (χ2n) is 7.72. The summed E-state index contributed by atoms with van der Waals surface area (Å²) in [6, 6.07) is 18.4. The van der Waals surface area contributed by atoms with Gasteiger partial charge in [0.05, 0.1) is 17.8 Å². The Morgan fingerprint density at radius 3 is 2.50 bits per heavy atom. The fraction of sp³-hybridized carbons (Fsp3) is 0.154. The molecule has 0 aliphatic rings. The molecule has 0 saturated heterocycles. The minimum Gasteiger partial charge on any atom is -0.438 e. The van der Waals surface area contributed by atoms with E-state index in [1.165, 1.54) is 0 Å². The van der Waals surface area contributed by atoms with Gasteiger partial charge in [0.2, 0.25) is 11.8 Å². The maximum atomic E-state index is 12.3. The zero-order valence-corrected chi connectivity index (χ0v) is 19.3.